The molecule has 1 fully saturated rings. The van der Waals surface area contributed by atoms with E-state index in [1.807, 2.05) is 0 Å². The van der Waals surface area contributed by atoms with Crippen LogP contribution in [0.1, 0.15) is 57.6 Å². The van der Waals surface area contributed by atoms with E-state index in [1.165, 1.54) is 37.7 Å². The van der Waals surface area contributed by atoms with Gasteiger partial charge in [-0.3, -0.25) is 0 Å². The fourth-order valence-electron chi connectivity index (χ4n) is 3.00. The molecule has 1 aliphatic carbocycles. The van der Waals surface area contributed by atoms with Crippen LogP contribution in [-0.2, 0) is 4.74 Å². The summed E-state index contributed by atoms with van der Waals surface area (Å²) in [5, 5.41) is 3.73. The van der Waals surface area contributed by atoms with Crippen molar-refractivity contribution in [3.63, 3.8) is 0 Å². The van der Waals surface area contributed by atoms with Crippen molar-refractivity contribution >= 4 is 0 Å². The van der Waals surface area contributed by atoms with E-state index >= 15 is 0 Å². The second-order valence-electron chi connectivity index (χ2n) is 5.88. The van der Waals surface area contributed by atoms with Gasteiger partial charge in [-0.25, -0.2) is 0 Å². The minimum absolute atomic E-state index is 0.188. The summed E-state index contributed by atoms with van der Waals surface area (Å²) in [5.74, 6) is 0.899. The molecule has 112 valence electrons. The first kappa shape index (κ1) is 15.5. The number of nitrogens with one attached hydrogen (secondary N) is 1. The maximum absolute atomic E-state index is 6.09. The molecule has 1 aromatic rings. The van der Waals surface area contributed by atoms with E-state index in [1.54, 1.807) is 0 Å². The Hall–Kier alpha value is -0.860. The first-order valence-corrected chi connectivity index (χ1v) is 8.25. The molecule has 2 nitrogen and oxygen atoms in total. The Bertz CT molecular complexity index is 361. The Morgan fingerprint density at radius 1 is 1.20 bits per heavy atom. The normalized spacial score (nSPS) is 18.5. The molecule has 0 saturated heterocycles. The number of hydrogen-bond acceptors (Lipinski definition) is 2. The molecule has 20 heavy (non-hydrogen) atoms. The standard InChI is InChI=1S/C18H29NO/c1-3-13-19-17(14-15-9-8-10-15)18(20-4-2)16-11-6-5-7-12-16/h5-7,11-12,15,17-19H,3-4,8-10,13-14H2,1-2H3. The van der Waals surface area contributed by atoms with Crippen LogP contribution in [0.5, 0.6) is 0 Å². The highest BCUT2D eigenvalue weighted by molar-refractivity contribution is 5.19. The minimum atomic E-state index is 0.188. The molecule has 0 aliphatic heterocycles. The van der Waals surface area contributed by atoms with Gasteiger partial charge in [0.2, 0.25) is 0 Å². The molecule has 0 amide bonds. The monoisotopic (exact) mass is 275 g/mol. The van der Waals surface area contributed by atoms with E-state index < -0.39 is 0 Å². The Morgan fingerprint density at radius 3 is 2.50 bits per heavy atom. The maximum Gasteiger partial charge on any atom is 0.0977 e. The van der Waals surface area contributed by atoms with Gasteiger partial charge in [0, 0.05) is 12.6 Å². The van der Waals surface area contributed by atoms with Crippen molar-refractivity contribution in [1.82, 2.24) is 5.32 Å². The molecule has 0 bridgehead atoms. The molecule has 0 radical (unpaired) electrons. The lowest BCUT2D eigenvalue weighted by Crippen LogP contribution is -2.39. The van der Waals surface area contributed by atoms with Crippen LogP contribution >= 0.6 is 0 Å². The number of benzene rings is 1. The molecular weight excluding hydrogens is 246 g/mol. The number of hydrogen-bond donors (Lipinski definition) is 1. The molecule has 1 saturated carbocycles. The summed E-state index contributed by atoms with van der Waals surface area (Å²) in [6.45, 7) is 6.17. The highest BCUT2D eigenvalue weighted by Crippen LogP contribution is 2.34. The summed E-state index contributed by atoms with van der Waals surface area (Å²) in [5.41, 5.74) is 1.31. The Balaban J connectivity index is 2.07. The highest BCUT2D eigenvalue weighted by Gasteiger charge is 2.28. The summed E-state index contributed by atoms with van der Waals surface area (Å²) in [7, 11) is 0. The van der Waals surface area contributed by atoms with Crippen LogP contribution in [0.2, 0.25) is 0 Å². The van der Waals surface area contributed by atoms with Crippen molar-refractivity contribution in [2.75, 3.05) is 13.2 Å². The summed E-state index contributed by atoms with van der Waals surface area (Å²) < 4.78 is 6.09. The lowest BCUT2D eigenvalue weighted by atomic mass is 9.79. The van der Waals surface area contributed by atoms with E-state index in [-0.39, 0.29) is 6.10 Å². The maximum atomic E-state index is 6.09. The second kappa shape index (κ2) is 8.43. The van der Waals surface area contributed by atoms with E-state index in [4.69, 9.17) is 4.74 Å². The predicted molar refractivity (Wildman–Crippen MR) is 84.8 cm³/mol. The first-order valence-electron chi connectivity index (χ1n) is 8.25. The summed E-state index contributed by atoms with van der Waals surface area (Å²) in [4.78, 5) is 0. The zero-order chi connectivity index (χ0) is 14.2. The van der Waals surface area contributed by atoms with Crippen LogP contribution in [0.3, 0.4) is 0 Å². The van der Waals surface area contributed by atoms with Gasteiger partial charge in [0.05, 0.1) is 6.10 Å². The van der Waals surface area contributed by atoms with Crippen LogP contribution in [0.25, 0.3) is 0 Å². The van der Waals surface area contributed by atoms with Gasteiger partial charge in [-0.05, 0) is 37.8 Å². The van der Waals surface area contributed by atoms with E-state index in [0.717, 1.165) is 19.1 Å². The fraction of sp³-hybridized carbons (Fsp3) is 0.667. The molecule has 0 heterocycles. The van der Waals surface area contributed by atoms with Crippen molar-refractivity contribution in [1.29, 1.82) is 0 Å². The molecule has 0 spiro atoms. The molecule has 2 heteroatoms. The first-order chi connectivity index (χ1) is 9.85. The van der Waals surface area contributed by atoms with Gasteiger partial charge >= 0.3 is 0 Å². The third kappa shape index (κ3) is 4.32. The zero-order valence-corrected chi connectivity index (χ0v) is 13.0. The molecule has 2 rings (SSSR count). The van der Waals surface area contributed by atoms with Gasteiger partial charge in [0.15, 0.2) is 0 Å². The van der Waals surface area contributed by atoms with Crippen molar-refractivity contribution in [2.45, 2.75) is 58.1 Å². The van der Waals surface area contributed by atoms with Crippen molar-refractivity contribution < 1.29 is 4.74 Å². The van der Waals surface area contributed by atoms with Crippen LogP contribution in [0.15, 0.2) is 30.3 Å². The van der Waals surface area contributed by atoms with Gasteiger partial charge in [-0.2, -0.15) is 0 Å². The summed E-state index contributed by atoms with van der Waals surface area (Å²) in [6, 6.07) is 11.1. The SMILES string of the molecule is CCCNC(CC1CCC1)C(OCC)c1ccccc1. The third-order valence-corrected chi connectivity index (χ3v) is 4.31. The third-order valence-electron chi connectivity index (χ3n) is 4.31. The van der Waals surface area contributed by atoms with Crippen LogP contribution in [0, 0.1) is 5.92 Å². The van der Waals surface area contributed by atoms with Crippen LogP contribution in [-0.4, -0.2) is 19.2 Å². The quantitative estimate of drug-likeness (QED) is 0.724. The lowest BCUT2D eigenvalue weighted by molar-refractivity contribution is 0.0222. The van der Waals surface area contributed by atoms with Crippen LogP contribution < -0.4 is 5.32 Å². The Morgan fingerprint density at radius 2 is 1.95 bits per heavy atom. The molecule has 1 N–H and O–H groups in total. The molecule has 1 aliphatic rings. The van der Waals surface area contributed by atoms with Gasteiger partial charge in [-0.15, -0.1) is 0 Å². The predicted octanol–water partition coefficient (Wildman–Crippen LogP) is 4.32. The van der Waals surface area contributed by atoms with Crippen LogP contribution in [0.4, 0.5) is 0 Å². The largest absolute Gasteiger partial charge is 0.372 e. The van der Waals surface area contributed by atoms with Crippen molar-refractivity contribution in [3.8, 4) is 0 Å². The fourth-order valence-corrected chi connectivity index (χ4v) is 3.00. The molecule has 2 atom stereocenters. The Labute approximate surface area is 123 Å². The van der Waals surface area contributed by atoms with Crippen molar-refractivity contribution in [2.24, 2.45) is 5.92 Å². The Kier molecular flexibility index (Phi) is 6.55. The summed E-state index contributed by atoms with van der Waals surface area (Å²) >= 11 is 0. The zero-order valence-electron chi connectivity index (χ0n) is 13.0. The number of rotatable bonds is 9. The minimum Gasteiger partial charge on any atom is -0.372 e. The van der Waals surface area contributed by atoms with E-state index in [2.05, 4.69) is 49.5 Å². The van der Waals surface area contributed by atoms with Gasteiger partial charge in [0.1, 0.15) is 0 Å². The average molecular weight is 275 g/mol. The van der Waals surface area contributed by atoms with Gasteiger partial charge in [-0.1, -0.05) is 56.5 Å². The topological polar surface area (TPSA) is 21.3 Å². The average Bonchev–Trinajstić information content (AvgIpc) is 2.44. The lowest BCUT2D eigenvalue weighted by Gasteiger charge is -2.34. The van der Waals surface area contributed by atoms with E-state index in [9.17, 15) is 0 Å². The van der Waals surface area contributed by atoms with Crippen molar-refractivity contribution in [3.05, 3.63) is 35.9 Å². The molecule has 1 aromatic carbocycles. The van der Waals surface area contributed by atoms with Gasteiger partial charge in [0.25, 0.3) is 0 Å². The smallest absolute Gasteiger partial charge is 0.0977 e. The van der Waals surface area contributed by atoms with E-state index in [0.29, 0.717) is 6.04 Å². The molecular formula is C18H29NO. The van der Waals surface area contributed by atoms with Gasteiger partial charge < -0.3 is 10.1 Å². The second-order valence-corrected chi connectivity index (χ2v) is 5.88. The number of ether oxygens (including phenoxy) is 1. The highest BCUT2D eigenvalue weighted by atomic mass is 16.5. The summed E-state index contributed by atoms with van der Waals surface area (Å²) in [6.07, 6.45) is 6.83. The molecule has 2 unspecified atom stereocenters. The molecule has 0 aromatic heterocycles.